The van der Waals surface area contributed by atoms with Gasteiger partial charge in [0.05, 0.1) is 51.9 Å². The van der Waals surface area contributed by atoms with Crippen LogP contribution in [0.1, 0.15) is 16.2 Å². The van der Waals surface area contributed by atoms with Crippen LogP contribution in [0.3, 0.4) is 0 Å². The number of methoxy groups -OCH3 is 1. The van der Waals surface area contributed by atoms with Gasteiger partial charge in [0.25, 0.3) is 0 Å². The highest BCUT2D eigenvalue weighted by atomic mass is 16.5. The number of hydrogen-bond acceptors (Lipinski definition) is 6. The standard InChI is InChI=1S/C15H22N2O6/c1-3-5-21-7-9-23-10-8-22-6-4-17-13(12-20-2)11-14(16-17)15(18)19/h1,11H,4-10,12H2,2H3,(H,18,19). The zero-order valence-electron chi connectivity index (χ0n) is 13.2. The van der Waals surface area contributed by atoms with Crippen molar-refractivity contribution in [2.75, 3.05) is 46.8 Å². The van der Waals surface area contributed by atoms with Crippen molar-refractivity contribution in [3.05, 3.63) is 17.5 Å². The second-order valence-corrected chi connectivity index (χ2v) is 4.46. The van der Waals surface area contributed by atoms with E-state index in [2.05, 4.69) is 11.0 Å². The quantitative estimate of drug-likeness (QED) is 0.414. The topological polar surface area (TPSA) is 92.0 Å². The van der Waals surface area contributed by atoms with E-state index in [0.29, 0.717) is 51.9 Å². The number of hydrogen-bond donors (Lipinski definition) is 1. The molecule has 1 heterocycles. The second-order valence-electron chi connectivity index (χ2n) is 4.46. The van der Waals surface area contributed by atoms with Crippen LogP contribution in [-0.2, 0) is 32.1 Å². The highest BCUT2D eigenvalue weighted by Crippen LogP contribution is 2.06. The van der Waals surface area contributed by atoms with E-state index in [0.717, 1.165) is 0 Å². The van der Waals surface area contributed by atoms with Crippen molar-refractivity contribution < 1.29 is 28.8 Å². The highest BCUT2D eigenvalue weighted by Gasteiger charge is 2.12. The summed E-state index contributed by atoms with van der Waals surface area (Å²) in [6, 6.07) is 1.49. The van der Waals surface area contributed by atoms with E-state index in [-0.39, 0.29) is 12.3 Å². The predicted octanol–water partition coefficient (Wildman–Crippen LogP) is 0.411. The number of rotatable bonds is 13. The Bertz CT molecular complexity index is 509. The Morgan fingerprint density at radius 3 is 2.52 bits per heavy atom. The van der Waals surface area contributed by atoms with Crippen molar-refractivity contribution in [3.8, 4) is 12.3 Å². The third-order valence-corrected chi connectivity index (χ3v) is 2.75. The molecule has 1 aromatic rings. The van der Waals surface area contributed by atoms with Gasteiger partial charge in [0.1, 0.15) is 6.61 Å². The highest BCUT2D eigenvalue weighted by molar-refractivity contribution is 5.85. The van der Waals surface area contributed by atoms with Gasteiger partial charge in [-0.2, -0.15) is 5.10 Å². The van der Waals surface area contributed by atoms with Crippen LogP contribution in [0.2, 0.25) is 0 Å². The fourth-order valence-corrected chi connectivity index (χ4v) is 1.74. The number of carboxylic acids is 1. The molecule has 0 atom stereocenters. The third-order valence-electron chi connectivity index (χ3n) is 2.75. The average molecular weight is 326 g/mol. The lowest BCUT2D eigenvalue weighted by molar-refractivity contribution is 0.0179. The lowest BCUT2D eigenvalue weighted by atomic mass is 10.3. The van der Waals surface area contributed by atoms with E-state index in [1.807, 2.05) is 0 Å². The maximum atomic E-state index is 10.9. The Balaban J connectivity index is 2.18. The lowest BCUT2D eigenvalue weighted by Crippen LogP contribution is -2.14. The van der Waals surface area contributed by atoms with Gasteiger partial charge in [0.2, 0.25) is 0 Å². The molecule has 0 radical (unpaired) electrons. The minimum atomic E-state index is -1.07. The van der Waals surface area contributed by atoms with Crippen LogP contribution in [0.15, 0.2) is 6.07 Å². The van der Waals surface area contributed by atoms with Crippen molar-refractivity contribution in [2.24, 2.45) is 0 Å². The normalized spacial score (nSPS) is 10.6. The molecule has 128 valence electrons. The monoisotopic (exact) mass is 326 g/mol. The molecule has 0 bridgehead atoms. The largest absolute Gasteiger partial charge is 0.476 e. The van der Waals surface area contributed by atoms with Crippen LogP contribution in [0.4, 0.5) is 0 Å². The summed E-state index contributed by atoms with van der Waals surface area (Å²) in [5, 5.41) is 12.9. The van der Waals surface area contributed by atoms with Gasteiger partial charge in [0, 0.05) is 7.11 Å². The minimum absolute atomic E-state index is 0.00708. The molecule has 23 heavy (non-hydrogen) atoms. The van der Waals surface area contributed by atoms with Gasteiger partial charge >= 0.3 is 5.97 Å². The van der Waals surface area contributed by atoms with E-state index in [1.54, 1.807) is 11.8 Å². The molecule has 0 aromatic carbocycles. The zero-order valence-corrected chi connectivity index (χ0v) is 13.2. The summed E-state index contributed by atoms with van der Waals surface area (Å²) in [4.78, 5) is 10.9. The first-order valence-electron chi connectivity index (χ1n) is 7.14. The Hall–Kier alpha value is -1.92. The molecular formula is C15H22N2O6. The van der Waals surface area contributed by atoms with Crippen LogP contribution >= 0.6 is 0 Å². The summed E-state index contributed by atoms with van der Waals surface area (Å²) in [7, 11) is 1.54. The van der Waals surface area contributed by atoms with Crippen molar-refractivity contribution in [2.45, 2.75) is 13.2 Å². The Morgan fingerprint density at radius 2 is 1.91 bits per heavy atom. The lowest BCUT2D eigenvalue weighted by Gasteiger charge is -2.08. The van der Waals surface area contributed by atoms with Gasteiger partial charge in [-0.3, -0.25) is 4.68 Å². The molecule has 0 amide bonds. The van der Waals surface area contributed by atoms with Gasteiger partial charge in [-0.1, -0.05) is 5.92 Å². The number of ether oxygens (including phenoxy) is 4. The number of aromatic carboxylic acids is 1. The summed E-state index contributed by atoms with van der Waals surface area (Å²) in [6.45, 7) is 3.21. The van der Waals surface area contributed by atoms with Crippen molar-refractivity contribution >= 4 is 5.97 Å². The fraction of sp³-hybridized carbons (Fsp3) is 0.600. The SMILES string of the molecule is C#CCOCCOCCOCCn1nc(C(=O)O)cc1COC. The number of terminal acetylenes is 1. The van der Waals surface area contributed by atoms with E-state index in [4.69, 9.17) is 30.5 Å². The van der Waals surface area contributed by atoms with Crippen LogP contribution in [0.25, 0.3) is 0 Å². The van der Waals surface area contributed by atoms with E-state index in [1.165, 1.54) is 6.07 Å². The number of carboxylic acid groups (broad SMARTS) is 1. The summed E-state index contributed by atoms with van der Waals surface area (Å²) >= 11 is 0. The molecule has 1 N–H and O–H groups in total. The Kier molecular flexibility index (Phi) is 9.66. The summed E-state index contributed by atoms with van der Waals surface area (Å²) in [6.07, 6.45) is 5.04. The van der Waals surface area contributed by atoms with E-state index < -0.39 is 5.97 Å². The maximum Gasteiger partial charge on any atom is 0.356 e. The second kappa shape index (κ2) is 11.6. The molecule has 1 rings (SSSR count). The number of nitrogens with zero attached hydrogens (tertiary/aromatic N) is 2. The van der Waals surface area contributed by atoms with E-state index in [9.17, 15) is 4.79 Å². The maximum absolute atomic E-state index is 10.9. The molecule has 0 aliphatic rings. The summed E-state index contributed by atoms with van der Waals surface area (Å²) < 4.78 is 22.4. The van der Waals surface area contributed by atoms with Gasteiger partial charge in [-0.25, -0.2) is 4.79 Å². The Labute approximate surface area is 135 Å². The van der Waals surface area contributed by atoms with Gasteiger partial charge < -0.3 is 24.1 Å². The molecule has 0 aliphatic carbocycles. The summed E-state index contributed by atoms with van der Waals surface area (Å²) in [5.41, 5.74) is 0.683. The van der Waals surface area contributed by atoms with Gasteiger partial charge in [-0.15, -0.1) is 6.42 Å². The van der Waals surface area contributed by atoms with Gasteiger partial charge in [0.15, 0.2) is 5.69 Å². The molecule has 0 saturated heterocycles. The molecule has 0 unspecified atom stereocenters. The average Bonchev–Trinajstić information content (AvgIpc) is 2.93. The first-order chi connectivity index (χ1) is 11.2. The first-order valence-corrected chi connectivity index (χ1v) is 7.14. The van der Waals surface area contributed by atoms with E-state index >= 15 is 0 Å². The van der Waals surface area contributed by atoms with Gasteiger partial charge in [-0.05, 0) is 6.07 Å². The zero-order chi connectivity index (χ0) is 16.9. The van der Waals surface area contributed by atoms with Crippen molar-refractivity contribution in [1.82, 2.24) is 9.78 Å². The molecule has 1 aromatic heterocycles. The molecule has 0 aliphatic heterocycles. The minimum Gasteiger partial charge on any atom is -0.476 e. The summed E-state index contributed by atoms with van der Waals surface area (Å²) in [5.74, 6) is 1.30. The number of aromatic nitrogens is 2. The Morgan fingerprint density at radius 1 is 1.26 bits per heavy atom. The first kappa shape index (κ1) is 19.1. The fourth-order valence-electron chi connectivity index (χ4n) is 1.74. The van der Waals surface area contributed by atoms with Crippen molar-refractivity contribution in [1.29, 1.82) is 0 Å². The smallest absolute Gasteiger partial charge is 0.356 e. The molecule has 0 spiro atoms. The molecule has 0 fully saturated rings. The van der Waals surface area contributed by atoms with Crippen molar-refractivity contribution in [3.63, 3.8) is 0 Å². The van der Waals surface area contributed by atoms with Crippen LogP contribution in [-0.4, -0.2) is 67.6 Å². The van der Waals surface area contributed by atoms with Crippen LogP contribution in [0, 0.1) is 12.3 Å². The van der Waals surface area contributed by atoms with Crippen LogP contribution in [0.5, 0.6) is 0 Å². The molecule has 8 heteroatoms. The molecule has 8 nitrogen and oxygen atoms in total. The molecular weight excluding hydrogens is 304 g/mol. The predicted molar refractivity (Wildman–Crippen MR) is 81.2 cm³/mol. The number of carbonyl (C=O) groups is 1. The molecule has 0 saturated carbocycles. The third kappa shape index (κ3) is 7.76. The van der Waals surface area contributed by atoms with Crippen LogP contribution < -0.4 is 0 Å².